The molecule has 0 aromatic carbocycles. The molecule has 1 N–H and O–H groups in total. The number of nitrogens with zero attached hydrogens (tertiary/aromatic N) is 1. The van der Waals surface area contributed by atoms with Crippen LogP contribution in [0.5, 0.6) is 0 Å². The fraction of sp³-hybridized carbons (Fsp3) is 0.750. The Labute approximate surface area is 70.7 Å². The van der Waals surface area contributed by atoms with Crippen LogP contribution < -0.4 is 0 Å². The molecule has 0 saturated carbocycles. The monoisotopic (exact) mass is 259 g/mol. The van der Waals surface area contributed by atoms with Gasteiger partial charge in [-0.25, -0.2) is 0 Å². The zero-order valence-corrected chi connectivity index (χ0v) is 7.85. The predicted molar refractivity (Wildman–Crippen MR) is 41.4 cm³/mol. The quantitative estimate of drug-likeness (QED) is 0.784. The molecule has 54 valence electrons. The lowest BCUT2D eigenvalue weighted by Gasteiger charge is -2.00. The van der Waals surface area contributed by atoms with E-state index in [0.717, 1.165) is 0 Å². The number of aliphatic carboxylic acids is 1. The van der Waals surface area contributed by atoms with Crippen molar-refractivity contribution in [3.8, 4) is 0 Å². The smallest absolute Gasteiger partial charge is 0.303 e. The minimum atomic E-state index is -0.753. The average molecular weight is 261 g/mol. The third-order valence-electron chi connectivity index (χ3n) is 0.718. The van der Waals surface area contributed by atoms with E-state index in [0.29, 0.717) is 13.0 Å². The Bertz CT molecular complexity index is 96.6. The van der Waals surface area contributed by atoms with Gasteiger partial charge in [-0.3, -0.25) is 4.79 Å². The van der Waals surface area contributed by atoms with Gasteiger partial charge in [-0.15, -0.1) is 0 Å². The molecule has 0 aliphatic heterocycles. The Morgan fingerprint density at radius 3 is 2.44 bits per heavy atom. The van der Waals surface area contributed by atoms with E-state index >= 15 is 0 Å². The summed E-state index contributed by atoms with van der Waals surface area (Å²) >= 11 is 6.16. The summed E-state index contributed by atoms with van der Waals surface area (Å²) in [5.41, 5.74) is 0. The van der Waals surface area contributed by atoms with Gasteiger partial charge in [0, 0.05) is 45.3 Å². The number of halogens is 2. The Kier molecular flexibility index (Phi) is 5.42. The normalized spacial score (nSPS) is 10.1. The molecule has 5 heteroatoms. The van der Waals surface area contributed by atoms with Crippen molar-refractivity contribution in [1.29, 1.82) is 0 Å². The number of carboxylic acid groups (broad SMARTS) is 1. The van der Waals surface area contributed by atoms with Crippen molar-refractivity contribution in [2.24, 2.45) is 0 Å². The minimum absolute atomic E-state index is 0.216. The minimum Gasteiger partial charge on any atom is -0.481 e. The third-order valence-corrected chi connectivity index (χ3v) is 1.43. The van der Waals surface area contributed by atoms with Crippen LogP contribution in [0.15, 0.2) is 0 Å². The molecule has 0 atom stereocenters. The van der Waals surface area contributed by atoms with Crippen LogP contribution in [-0.4, -0.2) is 20.6 Å². The molecule has 0 amide bonds. The van der Waals surface area contributed by atoms with Crippen LogP contribution in [0, 0.1) is 0 Å². The SMILES string of the molecule is O=C(O)CCCN(Br)Br. The summed E-state index contributed by atoms with van der Waals surface area (Å²) in [5, 5.41) is 8.18. The standard InChI is InChI=1S/C4H7Br2NO2/c5-7(6)3-1-2-4(8)9/h1-3H2,(H,8,9). The van der Waals surface area contributed by atoms with E-state index < -0.39 is 5.97 Å². The van der Waals surface area contributed by atoms with Crippen LogP contribution in [-0.2, 0) is 4.79 Å². The van der Waals surface area contributed by atoms with E-state index in [2.05, 4.69) is 32.3 Å². The number of carboxylic acids is 1. The molecular formula is C4H7Br2NO2. The maximum atomic E-state index is 9.93. The largest absolute Gasteiger partial charge is 0.481 e. The summed E-state index contributed by atoms with van der Waals surface area (Å²) in [6, 6.07) is 0. The van der Waals surface area contributed by atoms with E-state index in [4.69, 9.17) is 5.11 Å². The van der Waals surface area contributed by atoms with Crippen LogP contribution in [0.4, 0.5) is 0 Å². The summed E-state index contributed by atoms with van der Waals surface area (Å²) in [7, 11) is 0. The second-order valence-electron chi connectivity index (χ2n) is 1.52. The van der Waals surface area contributed by atoms with Gasteiger partial charge in [0.1, 0.15) is 0 Å². The molecule has 0 aliphatic rings. The van der Waals surface area contributed by atoms with Crippen LogP contribution in [0.1, 0.15) is 12.8 Å². The maximum Gasteiger partial charge on any atom is 0.303 e. The van der Waals surface area contributed by atoms with Crippen molar-refractivity contribution in [2.45, 2.75) is 12.8 Å². The lowest BCUT2D eigenvalue weighted by molar-refractivity contribution is -0.137. The molecule has 0 spiro atoms. The van der Waals surface area contributed by atoms with Crippen LogP contribution in [0.25, 0.3) is 0 Å². The van der Waals surface area contributed by atoms with Gasteiger partial charge in [-0.2, -0.15) is 2.95 Å². The van der Waals surface area contributed by atoms with Crippen LogP contribution >= 0.6 is 32.3 Å². The second-order valence-corrected chi connectivity index (χ2v) is 4.19. The number of hydrogen-bond donors (Lipinski definition) is 1. The van der Waals surface area contributed by atoms with Crippen LogP contribution in [0.2, 0.25) is 0 Å². The number of hydrogen-bond acceptors (Lipinski definition) is 2. The van der Waals surface area contributed by atoms with Gasteiger partial charge in [0.25, 0.3) is 0 Å². The van der Waals surface area contributed by atoms with Gasteiger partial charge in [0.2, 0.25) is 0 Å². The first-order valence-corrected chi connectivity index (χ1v) is 3.85. The van der Waals surface area contributed by atoms with E-state index in [-0.39, 0.29) is 6.42 Å². The first kappa shape index (κ1) is 9.39. The summed E-state index contributed by atoms with van der Waals surface area (Å²) in [6.07, 6.45) is 0.861. The molecule has 0 fully saturated rings. The zero-order chi connectivity index (χ0) is 7.28. The molecule has 0 heterocycles. The summed E-state index contributed by atoms with van der Waals surface area (Å²) in [4.78, 5) is 9.93. The highest BCUT2D eigenvalue weighted by Crippen LogP contribution is 2.06. The molecule has 0 aromatic rings. The molecule has 0 aliphatic carbocycles. The van der Waals surface area contributed by atoms with E-state index in [1.807, 2.05) is 0 Å². The van der Waals surface area contributed by atoms with Gasteiger partial charge < -0.3 is 5.11 Å². The summed E-state index contributed by atoms with van der Waals surface area (Å²) in [5.74, 6) is -0.753. The van der Waals surface area contributed by atoms with Crippen molar-refractivity contribution in [1.82, 2.24) is 2.95 Å². The topological polar surface area (TPSA) is 40.5 Å². The number of rotatable bonds is 4. The highest BCUT2D eigenvalue weighted by Gasteiger charge is 1.97. The Balaban J connectivity index is 3.01. The molecule has 0 radical (unpaired) electrons. The molecule has 9 heavy (non-hydrogen) atoms. The van der Waals surface area contributed by atoms with Gasteiger partial charge in [-0.1, -0.05) is 0 Å². The van der Waals surface area contributed by atoms with Gasteiger partial charge in [0.15, 0.2) is 0 Å². The Morgan fingerprint density at radius 2 is 2.11 bits per heavy atom. The highest BCUT2D eigenvalue weighted by molar-refractivity contribution is 9.21. The lowest BCUT2D eigenvalue weighted by atomic mass is 10.3. The van der Waals surface area contributed by atoms with Crippen molar-refractivity contribution >= 4 is 38.3 Å². The van der Waals surface area contributed by atoms with Crippen molar-refractivity contribution in [3.63, 3.8) is 0 Å². The first-order chi connectivity index (χ1) is 4.13. The molecular weight excluding hydrogens is 254 g/mol. The van der Waals surface area contributed by atoms with E-state index in [9.17, 15) is 4.79 Å². The molecule has 0 bridgehead atoms. The number of carbonyl (C=O) groups is 1. The zero-order valence-electron chi connectivity index (χ0n) is 4.68. The lowest BCUT2D eigenvalue weighted by Crippen LogP contribution is -2.02. The fourth-order valence-electron chi connectivity index (χ4n) is 0.350. The average Bonchev–Trinajstić information content (AvgIpc) is 1.63. The van der Waals surface area contributed by atoms with Crippen LogP contribution in [0.3, 0.4) is 0 Å². The second kappa shape index (κ2) is 5.20. The summed E-state index contributed by atoms with van der Waals surface area (Å²) < 4.78 is 1.60. The fourth-order valence-corrected chi connectivity index (χ4v) is 0.851. The van der Waals surface area contributed by atoms with E-state index in [1.165, 1.54) is 0 Å². The first-order valence-electron chi connectivity index (χ1n) is 2.44. The van der Waals surface area contributed by atoms with Crippen molar-refractivity contribution in [2.75, 3.05) is 6.54 Å². The molecule has 3 nitrogen and oxygen atoms in total. The van der Waals surface area contributed by atoms with Gasteiger partial charge in [-0.05, 0) is 6.42 Å². The third kappa shape index (κ3) is 8.39. The highest BCUT2D eigenvalue weighted by atomic mass is 79.9. The van der Waals surface area contributed by atoms with Crippen molar-refractivity contribution in [3.05, 3.63) is 0 Å². The maximum absolute atomic E-state index is 9.93. The van der Waals surface area contributed by atoms with Gasteiger partial charge >= 0.3 is 5.97 Å². The Morgan fingerprint density at radius 1 is 1.56 bits per heavy atom. The Hall–Kier alpha value is 0.390. The van der Waals surface area contributed by atoms with Gasteiger partial charge in [0.05, 0.1) is 0 Å². The molecule has 0 unspecified atom stereocenters. The molecule has 0 rings (SSSR count). The molecule has 0 saturated heterocycles. The predicted octanol–water partition coefficient (Wildman–Crippen LogP) is 1.77. The van der Waals surface area contributed by atoms with Crippen molar-refractivity contribution < 1.29 is 9.90 Å². The van der Waals surface area contributed by atoms with E-state index in [1.54, 1.807) is 2.95 Å². The molecule has 0 aromatic heterocycles. The summed E-state index contributed by atoms with van der Waals surface area (Å²) in [6.45, 7) is 0.687.